The molecular weight excluding hydrogens is 158 g/mol. The molecule has 1 aromatic carbocycles. The maximum Gasteiger partial charge on any atom is -0.00366 e. The van der Waals surface area contributed by atoms with Crippen molar-refractivity contribution in [2.45, 2.75) is 20.3 Å². The van der Waals surface area contributed by atoms with Gasteiger partial charge in [-0.1, -0.05) is 23.8 Å². The number of benzene rings is 1. The number of rotatable bonds is 2. The Morgan fingerprint density at radius 1 is 1.23 bits per heavy atom. The molecule has 0 bridgehead atoms. The van der Waals surface area contributed by atoms with Crippen LogP contribution in [0.25, 0.3) is 0 Å². The Bertz CT molecular complexity index is 253. The van der Waals surface area contributed by atoms with E-state index in [0.29, 0.717) is 0 Å². The minimum atomic E-state index is 0.740. The van der Waals surface area contributed by atoms with E-state index in [4.69, 9.17) is 5.73 Å². The maximum atomic E-state index is 5.48. The van der Waals surface area contributed by atoms with E-state index in [0.717, 1.165) is 13.0 Å². The topological polar surface area (TPSA) is 26.0 Å². The van der Waals surface area contributed by atoms with Gasteiger partial charge >= 0.3 is 0 Å². The number of nitrogens with two attached hydrogens (primary N) is 1. The summed E-state index contributed by atoms with van der Waals surface area (Å²) in [6.45, 7) is 11.0. The lowest BCUT2D eigenvalue weighted by atomic mass is 10.0. The summed E-state index contributed by atoms with van der Waals surface area (Å²) in [4.78, 5) is 0. The van der Waals surface area contributed by atoms with Gasteiger partial charge in [0.15, 0.2) is 0 Å². The molecule has 0 heterocycles. The lowest BCUT2D eigenvalue weighted by Crippen LogP contribution is -2.04. The SMILES string of the molecule is C=C.Cc1ccc(C)c(CCN)c1. The fraction of sp³-hybridized carbons (Fsp3) is 0.333. The van der Waals surface area contributed by atoms with Crippen LogP contribution in [0, 0.1) is 13.8 Å². The standard InChI is InChI=1S/C10H15N.C2H4/c1-8-3-4-9(2)10(7-8)5-6-11;1-2/h3-4,7H,5-6,11H2,1-2H3;1-2H2. The maximum absolute atomic E-state index is 5.48. The molecule has 13 heavy (non-hydrogen) atoms. The molecule has 0 saturated heterocycles. The van der Waals surface area contributed by atoms with Crippen LogP contribution in [0.4, 0.5) is 0 Å². The van der Waals surface area contributed by atoms with Gasteiger partial charge in [0.2, 0.25) is 0 Å². The zero-order chi connectivity index (χ0) is 10.3. The van der Waals surface area contributed by atoms with Crippen molar-refractivity contribution in [3.8, 4) is 0 Å². The van der Waals surface area contributed by atoms with Crippen molar-refractivity contribution in [2.24, 2.45) is 5.73 Å². The van der Waals surface area contributed by atoms with Crippen LogP contribution in [-0.2, 0) is 6.42 Å². The Morgan fingerprint density at radius 3 is 2.38 bits per heavy atom. The van der Waals surface area contributed by atoms with Gasteiger partial charge in [0, 0.05) is 0 Å². The molecule has 0 fully saturated rings. The molecular formula is C12H19N. The summed E-state index contributed by atoms with van der Waals surface area (Å²) in [6, 6.07) is 6.50. The third-order valence-electron chi connectivity index (χ3n) is 1.92. The highest BCUT2D eigenvalue weighted by atomic mass is 14.5. The molecule has 0 amide bonds. The van der Waals surface area contributed by atoms with Crippen molar-refractivity contribution in [1.82, 2.24) is 0 Å². The summed E-state index contributed by atoms with van der Waals surface area (Å²) >= 11 is 0. The highest BCUT2D eigenvalue weighted by Crippen LogP contribution is 2.10. The van der Waals surface area contributed by atoms with Gasteiger partial charge in [0.25, 0.3) is 0 Å². The lowest BCUT2D eigenvalue weighted by Gasteiger charge is -2.04. The molecule has 0 saturated carbocycles. The quantitative estimate of drug-likeness (QED) is 0.690. The van der Waals surface area contributed by atoms with E-state index in [2.05, 4.69) is 45.2 Å². The second-order valence-electron chi connectivity index (χ2n) is 2.97. The van der Waals surface area contributed by atoms with E-state index >= 15 is 0 Å². The molecule has 1 heteroatoms. The summed E-state index contributed by atoms with van der Waals surface area (Å²) in [7, 11) is 0. The van der Waals surface area contributed by atoms with Crippen LogP contribution in [0.1, 0.15) is 16.7 Å². The first-order chi connectivity index (χ1) is 6.24. The molecule has 0 radical (unpaired) electrons. The number of hydrogen-bond acceptors (Lipinski definition) is 1. The van der Waals surface area contributed by atoms with Gasteiger partial charge in [-0.05, 0) is 37.9 Å². The summed E-state index contributed by atoms with van der Waals surface area (Å²) in [5.74, 6) is 0. The summed E-state index contributed by atoms with van der Waals surface area (Å²) in [5, 5.41) is 0. The highest BCUT2D eigenvalue weighted by Gasteiger charge is 1.95. The Balaban J connectivity index is 0.000000671. The van der Waals surface area contributed by atoms with Crippen molar-refractivity contribution < 1.29 is 0 Å². The normalized spacial score (nSPS) is 8.85. The predicted octanol–water partition coefficient (Wildman–Crippen LogP) is 2.61. The van der Waals surface area contributed by atoms with Crippen LogP contribution < -0.4 is 5.73 Å². The minimum Gasteiger partial charge on any atom is -0.330 e. The van der Waals surface area contributed by atoms with Gasteiger partial charge in [-0.2, -0.15) is 0 Å². The first-order valence-corrected chi connectivity index (χ1v) is 4.50. The van der Waals surface area contributed by atoms with Crippen molar-refractivity contribution in [3.05, 3.63) is 48.0 Å². The van der Waals surface area contributed by atoms with Crippen molar-refractivity contribution in [3.63, 3.8) is 0 Å². The number of hydrogen-bond donors (Lipinski definition) is 1. The van der Waals surface area contributed by atoms with Crippen molar-refractivity contribution in [2.75, 3.05) is 6.54 Å². The largest absolute Gasteiger partial charge is 0.330 e. The van der Waals surface area contributed by atoms with Crippen molar-refractivity contribution >= 4 is 0 Å². The zero-order valence-corrected chi connectivity index (χ0v) is 8.64. The molecule has 0 spiro atoms. The second-order valence-corrected chi connectivity index (χ2v) is 2.97. The van der Waals surface area contributed by atoms with Crippen LogP contribution in [0.3, 0.4) is 0 Å². The third kappa shape index (κ3) is 3.90. The summed E-state index contributed by atoms with van der Waals surface area (Å²) < 4.78 is 0. The second kappa shape index (κ2) is 6.44. The van der Waals surface area contributed by atoms with E-state index < -0.39 is 0 Å². The van der Waals surface area contributed by atoms with Gasteiger partial charge < -0.3 is 5.73 Å². The van der Waals surface area contributed by atoms with Gasteiger partial charge in [0.1, 0.15) is 0 Å². The molecule has 0 atom stereocenters. The Kier molecular flexibility index (Phi) is 5.90. The molecule has 0 unspecified atom stereocenters. The molecule has 1 rings (SSSR count). The van der Waals surface area contributed by atoms with Gasteiger partial charge in [-0.15, -0.1) is 13.2 Å². The van der Waals surface area contributed by atoms with Crippen molar-refractivity contribution in [1.29, 1.82) is 0 Å². The van der Waals surface area contributed by atoms with Crippen LogP contribution in [0.5, 0.6) is 0 Å². The lowest BCUT2D eigenvalue weighted by molar-refractivity contribution is 0.955. The Hall–Kier alpha value is -1.08. The van der Waals surface area contributed by atoms with E-state index in [-0.39, 0.29) is 0 Å². The van der Waals surface area contributed by atoms with Crippen LogP contribution in [-0.4, -0.2) is 6.54 Å². The highest BCUT2D eigenvalue weighted by molar-refractivity contribution is 5.30. The molecule has 0 aromatic heterocycles. The van der Waals surface area contributed by atoms with E-state index in [1.54, 1.807) is 0 Å². The molecule has 0 aliphatic heterocycles. The fourth-order valence-corrected chi connectivity index (χ4v) is 1.23. The number of aryl methyl sites for hydroxylation is 2. The summed E-state index contributed by atoms with van der Waals surface area (Å²) in [6.07, 6.45) is 0.994. The van der Waals surface area contributed by atoms with Gasteiger partial charge in [-0.25, -0.2) is 0 Å². The molecule has 72 valence electrons. The summed E-state index contributed by atoms with van der Waals surface area (Å²) in [5.41, 5.74) is 9.53. The first kappa shape index (κ1) is 11.9. The average molecular weight is 177 g/mol. The van der Waals surface area contributed by atoms with Crippen LogP contribution >= 0.6 is 0 Å². The Morgan fingerprint density at radius 2 is 1.85 bits per heavy atom. The van der Waals surface area contributed by atoms with Gasteiger partial charge in [-0.3, -0.25) is 0 Å². The first-order valence-electron chi connectivity index (χ1n) is 4.50. The average Bonchev–Trinajstić information content (AvgIpc) is 2.15. The smallest absolute Gasteiger partial charge is 0.00366 e. The predicted molar refractivity (Wildman–Crippen MR) is 59.9 cm³/mol. The fourth-order valence-electron chi connectivity index (χ4n) is 1.23. The minimum absolute atomic E-state index is 0.740. The molecule has 1 aromatic rings. The van der Waals surface area contributed by atoms with E-state index in [1.165, 1.54) is 16.7 Å². The molecule has 0 aliphatic rings. The zero-order valence-electron chi connectivity index (χ0n) is 8.64. The van der Waals surface area contributed by atoms with Crippen LogP contribution in [0.2, 0.25) is 0 Å². The monoisotopic (exact) mass is 177 g/mol. The third-order valence-corrected chi connectivity index (χ3v) is 1.92. The molecule has 1 nitrogen and oxygen atoms in total. The van der Waals surface area contributed by atoms with E-state index in [9.17, 15) is 0 Å². The molecule has 0 aliphatic carbocycles. The van der Waals surface area contributed by atoms with Gasteiger partial charge in [0.05, 0.1) is 0 Å². The van der Waals surface area contributed by atoms with E-state index in [1.807, 2.05) is 0 Å². The Labute approximate surface area is 81.3 Å². The van der Waals surface area contributed by atoms with Crippen LogP contribution in [0.15, 0.2) is 31.4 Å². The molecule has 2 N–H and O–H groups in total.